The summed E-state index contributed by atoms with van der Waals surface area (Å²) in [5, 5.41) is 4.07. The van der Waals surface area contributed by atoms with Crippen LogP contribution in [0.3, 0.4) is 0 Å². The van der Waals surface area contributed by atoms with Gasteiger partial charge in [0, 0.05) is 15.8 Å². The molecule has 3 aromatic heterocycles. The van der Waals surface area contributed by atoms with Gasteiger partial charge in [-0.25, -0.2) is 24.3 Å². The summed E-state index contributed by atoms with van der Waals surface area (Å²) in [5.74, 6) is 0.286. The molecule has 2 aromatic carbocycles. The van der Waals surface area contributed by atoms with Crippen molar-refractivity contribution >= 4 is 40.5 Å². The van der Waals surface area contributed by atoms with Gasteiger partial charge in [0.25, 0.3) is 0 Å². The van der Waals surface area contributed by atoms with Gasteiger partial charge < -0.3 is 10.3 Å². The molecule has 2 N–H and O–H groups in total. The summed E-state index contributed by atoms with van der Waals surface area (Å²) < 4.78 is 13.9. The van der Waals surface area contributed by atoms with Crippen LogP contribution in [0.1, 0.15) is 18.7 Å². The summed E-state index contributed by atoms with van der Waals surface area (Å²) in [5.41, 5.74) is 4.58. The minimum Gasteiger partial charge on any atom is -0.360 e. The first-order valence-corrected chi connectivity index (χ1v) is 9.84. The smallest absolute Gasteiger partial charge is 0.162 e. The third-order valence-electron chi connectivity index (χ3n) is 4.99. The molecule has 3 heterocycles. The van der Waals surface area contributed by atoms with Crippen LogP contribution in [0.15, 0.2) is 66.1 Å². The third-order valence-corrected chi connectivity index (χ3v) is 5.46. The number of benzene rings is 2. The number of aromatic nitrogens is 5. The van der Waals surface area contributed by atoms with E-state index in [2.05, 4.69) is 25.3 Å². The Labute approximate surface area is 177 Å². The number of halogens is 1. The van der Waals surface area contributed by atoms with Crippen molar-refractivity contribution in [1.29, 1.82) is 0 Å². The monoisotopic (exact) mass is 416 g/mol. The number of anilines is 1. The van der Waals surface area contributed by atoms with E-state index in [0.29, 0.717) is 32.8 Å². The summed E-state index contributed by atoms with van der Waals surface area (Å²) >= 11 is 4.78. The van der Waals surface area contributed by atoms with Crippen molar-refractivity contribution in [3.05, 3.63) is 72.7 Å². The number of hydrogen-bond donors (Lipinski definition) is 3. The van der Waals surface area contributed by atoms with E-state index >= 15 is 0 Å². The molecular weight excluding hydrogens is 399 g/mol. The molecule has 0 aliphatic carbocycles. The van der Waals surface area contributed by atoms with Crippen LogP contribution >= 0.6 is 12.6 Å². The number of rotatable bonds is 4. The van der Waals surface area contributed by atoms with Gasteiger partial charge in [0.1, 0.15) is 17.7 Å². The summed E-state index contributed by atoms with van der Waals surface area (Å²) in [6.07, 6.45) is 3.06. The minimum absolute atomic E-state index is 0.227. The van der Waals surface area contributed by atoms with Crippen molar-refractivity contribution < 1.29 is 4.39 Å². The molecule has 8 heteroatoms. The second-order valence-electron chi connectivity index (χ2n) is 6.94. The Morgan fingerprint density at radius 3 is 2.73 bits per heavy atom. The van der Waals surface area contributed by atoms with Crippen LogP contribution in [0, 0.1) is 5.82 Å². The maximum Gasteiger partial charge on any atom is 0.162 e. The SMILES string of the molecule is C[C@@H](Nc1ncnc2[nH]cnc12)c1nc2ccc(F)cc2c(S)c1-c1ccccc1. The quantitative estimate of drug-likeness (QED) is 0.352. The molecule has 0 radical (unpaired) electrons. The lowest BCUT2D eigenvalue weighted by atomic mass is 9.98. The Balaban J connectivity index is 1.69. The van der Waals surface area contributed by atoms with Gasteiger partial charge in [-0.05, 0) is 30.7 Å². The predicted molar refractivity (Wildman–Crippen MR) is 118 cm³/mol. The third kappa shape index (κ3) is 3.15. The molecule has 0 saturated heterocycles. The fraction of sp³-hybridized carbons (Fsp3) is 0.0909. The lowest BCUT2D eigenvalue weighted by Gasteiger charge is -2.21. The second-order valence-corrected chi connectivity index (χ2v) is 7.38. The standard InChI is InChI=1S/C22H17FN6S/c1-12(28-22-19-21(25-10-24-19)26-11-27-22)18-17(13-5-3-2-4-6-13)20(30)15-9-14(23)7-8-16(15)29-18/h2-12H,1H3,(H,29,30)(H2,24,25,26,27,28)/t12-/m1/s1. The molecule has 0 aliphatic heterocycles. The van der Waals surface area contributed by atoms with Crippen LogP contribution in [-0.4, -0.2) is 24.9 Å². The number of nitrogens with zero attached hydrogens (tertiary/aromatic N) is 4. The number of H-pyrrole nitrogens is 1. The average Bonchev–Trinajstić information content (AvgIpc) is 3.24. The lowest BCUT2D eigenvalue weighted by molar-refractivity contribution is 0.629. The number of thiol groups is 1. The van der Waals surface area contributed by atoms with Crippen molar-refractivity contribution in [2.24, 2.45) is 0 Å². The van der Waals surface area contributed by atoms with E-state index in [4.69, 9.17) is 17.6 Å². The fourth-order valence-electron chi connectivity index (χ4n) is 3.58. The molecule has 0 bridgehead atoms. The normalized spacial score (nSPS) is 12.4. The van der Waals surface area contributed by atoms with Crippen LogP contribution in [0.25, 0.3) is 33.2 Å². The van der Waals surface area contributed by atoms with Gasteiger partial charge in [0.2, 0.25) is 0 Å². The molecule has 0 unspecified atom stereocenters. The Kier molecular flexibility index (Phi) is 4.55. The van der Waals surface area contributed by atoms with E-state index in [1.54, 1.807) is 12.4 Å². The number of pyridine rings is 1. The number of aromatic amines is 1. The van der Waals surface area contributed by atoms with Crippen molar-refractivity contribution in [1.82, 2.24) is 24.9 Å². The van der Waals surface area contributed by atoms with E-state index in [9.17, 15) is 4.39 Å². The summed E-state index contributed by atoms with van der Waals surface area (Å²) in [6, 6.07) is 14.2. The van der Waals surface area contributed by atoms with Crippen molar-refractivity contribution in [2.75, 3.05) is 5.32 Å². The summed E-state index contributed by atoms with van der Waals surface area (Å²) in [6.45, 7) is 2.00. The van der Waals surface area contributed by atoms with Crippen LogP contribution in [-0.2, 0) is 0 Å². The van der Waals surface area contributed by atoms with Gasteiger partial charge in [-0.3, -0.25) is 0 Å². The highest BCUT2D eigenvalue weighted by molar-refractivity contribution is 7.80. The summed E-state index contributed by atoms with van der Waals surface area (Å²) in [4.78, 5) is 21.4. The zero-order valence-electron chi connectivity index (χ0n) is 16.0. The maximum atomic E-state index is 13.9. The van der Waals surface area contributed by atoms with Gasteiger partial charge in [-0.1, -0.05) is 30.3 Å². The molecule has 148 valence electrons. The number of imidazole rings is 1. The Morgan fingerprint density at radius 2 is 1.90 bits per heavy atom. The first kappa shape index (κ1) is 18.5. The molecule has 6 nitrogen and oxygen atoms in total. The fourth-order valence-corrected chi connectivity index (χ4v) is 4.01. The van der Waals surface area contributed by atoms with Crippen LogP contribution in [0.4, 0.5) is 10.2 Å². The van der Waals surface area contributed by atoms with E-state index in [0.717, 1.165) is 16.8 Å². The average molecular weight is 416 g/mol. The Morgan fingerprint density at radius 1 is 1.07 bits per heavy atom. The Bertz CT molecular complexity index is 1370. The molecule has 0 aliphatic rings. The van der Waals surface area contributed by atoms with E-state index in [1.807, 2.05) is 37.3 Å². The molecule has 0 fully saturated rings. The highest BCUT2D eigenvalue weighted by Crippen LogP contribution is 2.38. The molecule has 5 rings (SSSR count). The highest BCUT2D eigenvalue weighted by atomic mass is 32.1. The maximum absolute atomic E-state index is 13.9. The molecular formula is C22H17FN6S. The van der Waals surface area contributed by atoms with Gasteiger partial charge in [0.05, 0.1) is 23.6 Å². The van der Waals surface area contributed by atoms with Crippen molar-refractivity contribution in [3.63, 3.8) is 0 Å². The molecule has 30 heavy (non-hydrogen) atoms. The zero-order chi connectivity index (χ0) is 20.7. The van der Waals surface area contributed by atoms with Crippen LogP contribution in [0.5, 0.6) is 0 Å². The van der Waals surface area contributed by atoms with Crippen molar-refractivity contribution in [3.8, 4) is 11.1 Å². The number of fused-ring (bicyclic) bond motifs is 2. The van der Waals surface area contributed by atoms with Crippen LogP contribution < -0.4 is 5.32 Å². The largest absolute Gasteiger partial charge is 0.360 e. The number of hydrogen-bond acceptors (Lipinski definition) is 6. The number of nitrogens with one attached hydrogen (secondary N) is 2. The Hall–Kier alpha value is -3.52. The first-order chi connectivity index (χ1) is 14.6. The predicted octanol–water partition coefficient (Wildman–Crippen LogP) is 5.17. The molecule has 0 amide bonds. The van der Waals surface area contributed by atoms with Gasteiger partial charge in [-0.15, -0.1) is 12.6 Å². The zero-order valence-corrected chi connectivity index (χ0v) is 16.9. The second kappa shape index (κ2) is 7.38. The lowest BCUT2D eigenvalue weighted by Crippen LogP contribution is -2.12. The van der Waals surface area contributed by atoms with Gasteiger partial charge >= 0.3 is 0 Å². The molecule has 5 aromatic rings. The van der Waals surface area contributed by atoms with Gasteiger partial charge in [0.15, 0.2) is 11.5 Å². The molecule has 0 spiro atoms. The topological polar surface area (TPSA) is 79.4 Å². The molecule has 1 atom stereocenters. The van der Waals surface area contributed by atoms with Crippen LogP contribution in [0.2, 0.25) is 0 Å². The minimum atomic E-state index is -0.320. The van der Waals surface area contributed by atoms with Crippen molar-refractivity contribution in [2.45, 2.75) is 17.9 Å². The highest BCUT2D eigenvalue weighted by Gasteiger charge is 2.21. The molecule has 0 saturated carbocycles. The van der Waals surface area contributed by atoms with E-state index < -0.39 is 0 Å². The van der Waals surface area contributed by atoms with E-state index in [-0.39, 0.29) is 11.9 Å². The summed E-state index contributed by atoms with van der Waals surface area (Å²) in [7, 11) is 0. The van der Waals surface area contributed by atoms with E-state index in [1.165, 1.54) is 18.5 Å². The van der Waals surface area contributed by atoms with Gasteiger partial charge in [-0.2, -0.15) is 0 Å². The first-order valence-electron chi connectivity index (χ1n) is 9.40.